The predicted octanol–water partition coefficient (Wildman–Crippen LogP) is 5.43. The average Bonchev–Trinajstić information content (AvgIpc) is 3.14. The van der Waals surface area contributed by atoms with E-state index in [2.05, 4.69) is 34.1 Å². The molecule has 3 aliphatic rings. The second-order valence-electron chi connectivity index (χ2n) is 10.4. The van der Waals surface area contributed by atoms with E-state index in [1.807, 2.05) is 24.5 Å². The number of piperidine rings is 1. The van der Waals surface area contributed by atoms with Crippen LogP contribution in [0.25, 0.3) is 10.8 Å². The van der Waals surface area contributed by atoms with Gasteiger partial charge in [0.25, 0.3) is 0 Å². The molecule has 2 aromatic carbocycles. The molecule has 2 atom stereocenters. The van der Waals surface area contributed by atoms with Gasteiger partial charge in [-0.05, 0) is 73.9 Å². The number of carbonyl (C=O) groups is 1. The fraction of sp³-hybridized carbons (Fsp3) is 0.448. The second-order valence-corrected chi connectivity index (χ2v) is 10.4. The van der Waals surface area contributed by atoms with Crippen LogP contribution in [-0.2, 0) is 21.4 Å². The summed E-state index contributed by atoms with van der Waals surface area (Å²) in [6.07, 6.45) is 10.1. The Kier molecular flexibility index (Phi) is 5.60. The first-order valence-corrected chi connectivity index (χ1v) is 12.6. The summed E-state index contributed by atoms with van der Waals surface area (Å²) >= 11 is 0. The molecule has 0 aliphatic carbocycles. The standard InChI is InChI=1S/C29H31FN2O2/c30-27-4-2-1-3-26(27)29(10-13-34-14-11-29)28(33)32-24-7-8-25(32)18-21(17-24)15-20-5-6-23-19-31-12-9-22(23)16-20/h1-6,9,12,16,19,21,24-25H,7-8,10-11,13-15,17-18H2/t24-,25-/m0/s1. The molecule has 0 unspecified atom stereocenters. The molecule has 4 nitrogen and oxygen atoms in total. The molecule has 0 saturated carbocycles. The lowest BCUT2D eigenvalue weighted by Crippen LogP contribution is -2.56. The molecule has 0 N–H and O–H groups in total. The molecular formula is C29H31FN2O2. The first-order chi connectivity index (χ1) is 16.6. The summed E-state index contributed by atoms with van der Waals surface area (Å²) in [6.45, 7) is 1.01. The van der Waals surface area contributed by atoms with Gasteiger partial charge < -0.3 is 9.64 Å². The molecule has 0 spiro atoms. The SMILES string of the molecule is O=C(N1[C@H]2CC[C@H]1CC(Cc1ccc3cnccc3c1)C2)C1(c2ccccc2F)CCOCC1. The fourth-order valence-electron chi connectivity index (χ4n) is 6.80. The number of amides is 1. The van der Waals surface area contributed by atoms with Crippen molar-refractivity contribution in [3.05, 3.63) is 77.9 Å². The lowest BCUT2D eigenvalue weighted by molar-refractivity contribution is -0.147. The molecule has 4 heterocycles. The van der Waals surface area contributed by atoms with Crippen molar-refractivity contribution in [2.45, 2.75) is 62.4 Å². The number of ether oxygens (including phenoxy) is 1. The third kappa shape index (κ3) is 3.70. The van der Waals surface area contributed by atoms with E-state index in [1.165, 1.54) is 22.4 Å². The molecule has 34 heavy (non-hydrogen) atoms. The van der Waals surface area contributed by atoms with Crippen molar-refractivity contribution < 1.29 is 13.9 Å². The highest BCUT2D eigenvalue weighted by atomic mass is 19.1. The van der Waals surface area contributed by atoms with E-state index in [1.54, 1.807) is 6.07 Å². The van der Waals surface area contributed by atoms with Crippen molar-refractivity contribution in [1.82, 2.24) is 9.88 Å². The molecule has 3 aromatic rings. The van der Waals surface area contributed by atoms with E-state index >= 15 is 0 Å². The number of benzene rings is 2. The van der Waals surface area contributed by atoms with Crippen LogP contribution in [0, 0.1) is 11.7 Å². The Morgan fingerprint density at radius 1 is 1.03 bits per heavy atom. The van der Waals surface area contributed by atoms with Crippen LogP contribution in [0.4, 0.5) is 4.39 Å². The lowest BCUT2D eigenvalue weighted by atomic mass is 9.71. The van der Waals surface area contributed by atoms with Gasteiger partial charge in [0, 0.05) is 48.6 Å². The van der Waals surface area contributed by atoms with Gasteiger partial charge in [-0.15, -0.1) is 0 Å². The van der Waals surface area contributed by atoms with Crippen molar-refractivity contribution in [1.29, 1.82) is 0 Å². The summed E-state index contributed by atoms with van der Waals surface area (Å²) in [5, 5.41) is 2.40. The van der Waals surface area contributed by atoms with Crippen LogP contribution in [-0.4, -0.2) is 41.1 Å². The second kappa shape index (κ2) is 8.77. The molecule has 3 aliphatic heterocycles. The van der Waals surface area contributed by atoms with Crippen LogP contribution in [0.15, 0.2) is 60.9 Å². The van der Waals surface area contributed by atoms with Gasteiger partial charge in [-0.3, -0.25) is 9.78 Å². The van der Waals surface area contributed by atoms with E-state index in [0.29, 0.717) is 37.5 Å². The van der Waals surface area contributed by atoms with Crippen LogP contribution in [0.1, 0.15) is 49.7 Å². The van der Waals surface area contributed by atoms with Gasteiger partial charge in [0.2, 0.25) is 5.91 Å². The van der Waals surface area contributed by atoms with Gasteiger partial charge in [0.05, 0.1) is 5.41 Å². The van der Waals surface area contributed by atoms with E-state index in [4.69, 9.17) is 4.74 Å². The van der Waals surface area contributed by atoms with Crippen molar-refractivity contribution in [3.63, 3.8) is 0 Å². The Labute approximate surface area is 200 Å². The van der Waals surface area contributed by atoms with Crippen LogP contribution in [0.5, 0.6) is 0 Å². The Hall–Kier alpha value is -2.79. The van der Waals surface area contributed by atoms with Gasteiger partial charge in [-0.2, -0.15) is 0 Å². The topological polar surface area (TPSA) is 42.4 Å². The lowest BCUT2D eigenvalue weighted by Gasteiger charge is -2.46. The Bertz CT molecular complexity index is 1190. The number of halogens is 1. The zero-order valence-electron chi connectivity index (χ0n) is 19.5. The quantitative estimate of drug-likeness (QED) is 0.523. The monoisotopic (exact) mass is 458 g/mol. The summed E-state index contributed by atoms with van der Waals surface area (Å²) in [4.78, 5) is 20.6. The van der Waals surface area contributed by atoms with Crippen molar-refractivity contribution in [2.75, 3.05) is 13.2 Å². The summed E-state index contributed by atoms with van der Waals surface area (Å²) in [7, 11) is 0. The van der Waals surface area contributed by atoms with Crippen molar-refractivity contribution in [2.24, 2.45) is 5.92 Å². The van der Waals surface area contributed by atoms with Gasteiger partial charge in [-0.1, -0.05) is 36.4 Å². The minimum atomic E-state index is -0.802. The summed E-state index contributed by atoms with van der Waals surface area (Å²) in [6, 6.07) is 16.1. The van der Waals surface area contributed by atoms with Gasteiger partial charge in [-0.25, -0.2) is 4.39 Å². The number of hydrogen-bond donors (Lipinski definition) is 0. The predicted molar refractivity (Wildman–Crippen MR) is 130 cm³/mol. The number of pyridine rings is 1. The van der Waals surface area contributed by atoms with E-state index in [-0.39, 0.29) is 23.8 Å². The van der Waals surface area contributed by atoms with Gasteiger partial charge >= 0.3 is 0 Å². The van der Waals surface area contributed by atoms with Crippen LogP contribution < -0.4 is 0 Å². The number of rotatable bonds is 4. The molecule has 3 saturated heterocycles. The highest BCUT2D eigenvalue weighted by molar-refractivity contribution is 5.89. The summed E-state index contributed by atoms with van der Waals surface area (Å²) in [5.74, 6) is 0.427. The smallest absolute Gasteiger partial charge is 0.234 e. The number of nitrogens with zero attached hydrogens (tertiary/aromatic N) is 2. The maximum absolute atomic E-state index is 15.0. The van der Waals surface area contributed by atoms with Gasteiger partial charge in [0.1, 0.15) is 5.82 Å². The van der Waals surface area contributed by atoms with Crippen molar-refractivity contribution in [3.8, 4) is 0 Å². The average molecular weight is 459 g/mol. The number of carbonyl (C=O) groups excluding carboxylic acids is 1. The maximum Gasteiger partial charge on any atom is 0.234 e. The minimum Gasteiger partial charge on any atom is -0.381 e. The van der Waals surface area contributed by atoms with Crippen LogP contribution >= 0.6 is 0 Å². The Morgan fingerprint density at radius 2 is 1.79 bits per heavy atom. The molecule has 1 aromatic heterocycles. The number of hydrogen-bond acceptors (Lipinski definition) is 3. The minimum absolute atomic E-state index is 0.130. The maximum atomic E-state index is 15.0. The van der Waals surface area contributed by atoms with Gasteiger partial charge in [0.15, 0.2) is 0 Å². The molecule has 1 amide bonds. The highest BCUT2D eigenvalue weighted by Crippen LogP contribution is 2.45. The van der Waals surface area contributed by atoms with Crippen molar-refractivity contribution >= 4 is 16.7 Å². The van der Waals surface area contributed by atoms with E-state index in [0.717, 1.165) is 32.1 Å². The number of fused-ring (bicyclic) bond motifs is 3. The molecule has 2 bridgehead atoms. The zero-order valence-corrected chi connectivity index (χ0v) is 19.5. The summed E-state index contributed by atoms with van der Waals surface area (Å²) < 4.78 is 20.6. The largest absolute Gasteiger partial charge is 0.381 e. The van der Waals surface area contributed by atoms with E-state index in [9.17, 15) is 9.18 Å². The third-order valence-corrected chi connectivity index (χ3v) is 8.44. The fourth-order valence-corrected chi connectivity index (χ4v) is 6.80. The first-order valence-electron chi connectivity index (χ1n) is 12.6. The first kappa shape index (κ1) is 21.7. The summed E-state index contributed by atoms with van der Waals surface area (Å²) in [5.41, 5.74) is 1.11. The zero-order chi connectivity index (χ0) is 23.1. The highest BCUT2D eigenvalue weighted by Gasteiger charge is 2.52. The molecule has 176 valence electrons. The Morgan fingerprint density at radius 3 is 2.56 bits per heavy atom. The molecule has 5 heteroatoms. The van der Waals surface area contributed by atoms with Crippen LogP contribution in [0.3, 0.4) is 0 Å². The molecular weight excluding hydrogens is 427 g/mol. The molecule has 3 fully saturated rings. The normalized spacial score (nSPS) is 26.0. The third-order valence-electron chi connectivity index (χ3n) is 8.44. The van der Waals surface area contributed by atoms with Crippen LogP contribution in [0.2, 0.25) is 0 Å². The Balaban J connectivity index is 1.23. The molecule has 0 radical (unpaired) electrons. The number of aromatic nitrogens is 1. The molecule has 6 rings (SSSR count). The van der Waals surface area contributed by atoms with E-state index < -0.39 is 5.41 Å².